The number of benzene rings is 2. The van der Waals surface area contributed by atoms with Crippen molar-refractivity contribution in [3.63, 3.8) is 0 Å². The molecular formula is C18H19NO6S. The summed E-state index contributed by atoms with van der Waals surface area (Å²) in [5.41, 5.74) is 0.848. The number of hydrogen-bond donors (Lipinski definition) is 1. The molecule has 26 heavy (non-hydrogen) atoms. The molecule has 0 fully saturated rings. The lowest BCUT2D eigenvalue weighted by atomic mass is 10.2. The van der Waals surface area contributed by atoms with Crippen molar-refractivity contribution >= 4 is 21.7 Å². The van der Waals surface area contributed by atoms with Gasteiger partial charge in [0, 0.05) is 18.4 Å². The fourth-order valence-corrected chi connectivity index (χ4v) is 2.83. The van der Waals surface area contributed by atoms with Gasteiger partial charge in [0.25, 0.3) is 5.91 Å². The number of carbonyl (C=O) groups excluding carboxylic acids is 2. The standard InChI is InChI=1S/C18H19NO6S/c1-24-16-9-4-3-6-14(16)11-19-17(20)12-25-18(21)13-7-5-8-15(10-13)26(2,22)23/h3-10H,11-12H2,1-2H3,(H,19,20). The zero-order valence-corrected chi connectivity index (χ0v) is 15.2. The third kappa shape index (κ3) is 5.32. The number of para-hydroxylation sites is 1. The predicted molar refractivity (Wildman–Crippen MR) is 94.7 cm³/mol. The molecule has 0 radical (unpaired) electrons. The maximum absolute atomic E-state index is 12.0. The number of sulfone groups is 1. The minimum absolute atomic E-state index is 0.00701. The van der Waals surface area contributed by atoms with Gasteiger partial charge in [0.1, 0.15) is 5.75 Å². The van der Waals surface area contributed by atoms with Crippen molar-refractivity contribution in [2.45, 2.75) is 11.4 Å². The van der Waals surface area contributed by atoms with Crippen molar-refractivity contribution in [1.82, 2.24) is 5.32 Å². The third-order valence-corrected chi connectivity index (χ3v) is 4.61. The number of rotatable bonds is 7. The second kappa shape index (κ2) is 8.48. The fraction of sp³-hybridized carbons (Fsp3) is 0.222. The number of methoxy groups -OCH3 is 1. The lowest BCUT2D eigenvalue weighted by Gasteiger charge is -2.10. The van der Waals surface area contributed by atoms with E-state index in [1.807, 2.05) is 18.2 Å². The van der Waals surface area contributed by atoms with Crippen molar-refractivity contribution < 1.29 is 27.5 Å². The molecule has 2 aromatic carbocycles. The van der Waals surface area contributed by atoms with Gasteiger partial charge >= 0.3 is 5.97 Å². The Morgan fingerprint density at radius 2 is 1.81 bits per heavy atom. The predicted octanol–water partition coefficient (Wildman–Crippen LogP) is 1.57. The first-order valence-corrected chi connectivity index (χ1v) is 9.56. The minimum atomic E-state index is -3.43. The molecule has 2 rings (SSSR count). The molecule has 0 atom stereocenters. The fourth-order valence-electron chi connectivity index (χ4n) is 2.16. The average Bonchev–Trinajstić information content (AvgIpc) is 2.64. The smallest absolute Gasteiger partial charge is 0.338 e. The van der Waals surface area contributed by atoms with Gasteiger partial charge in [-0.05, 0) is 24.3 Å². The Morgan fingerprint density at radius 1 is 1.08 bits per heavy atom. The highest BCUT2D eigenvalue weighted by Gasteiger charge is 2.14. The van der Waals surface area contributed by atoms with Crippen molar-refractivity contribution in [2.75, 3.05) is 20.0 Å². The van der Waals surface area contributed by atoms with Gasteiger partial charge in [-0.3, -0.25) is 4.79 Å². The molecule has 1 N–H and O–H groups in total. The summed E-state index contributed by atoms with van der Waals surface area (Å²) in [6.07, 6.45) is 1.04. The maximum atomic E-state index is 12.0. The van der Waals surface area contributed by atoms with Crippen LogP contribution in [0.4, 0.5) is 0 Å². The third-order valence-electron chi connectivity index (χ3n) is 3.50. The molecule has 2 aromatic rings. The number of nitrogens with one attached hydrogen (secondary N) is 1. The maximum Gasteiger partial charge on any atom is 0.338 e. The number of hydrogen-bond acceptors (Lipinski definition) is 6. The lowest BCUT2D eigenvalue weighted by Crippen LogP contribution is -2.28. The zero-order chi connectivity index (χ0) is 19.2. The summed E-state index contributed by atoms with van der Waals surface area (Å²) in [4.78, 5) is 23.8. The first kappa shape index (κ1) is 19.5. The van der Waals surface area contributed by atoms with Crippen molar-refractivity contribution in [2.24, 2.45) is 0 Å². The van der Waals surface area contributed by atoms with E-state index in [9.17, 15) is 18.0 Å². The Kier molecular flexibility index (Phi) is 6.35. The van der Waals surface area contributed by atoms with Crippen LogP contribution < -0.4 is 10.1 Å². The van der Waals surface area contributed by atoms with Crippen LogP contribution in [-0.4, -0.2) is 40.3 Å². The average molecular weight is 377 g/mol. The zero-order valence-electron chi connectivity index (χ0n) is 14.4. The van der Waals surface area contributed by atoms with Gasteiger partial charge in [-0.25, -0.2) is 13.2 Å². The summed E-state index contributed by atoms with van der Waals surface area (Å²) in [5.74, 6) is -0.617. The summed E-state index contributed by atoms with van der Waals surface area (Å²) in [7, 11) is -1.90. The highest BCUT2D eigenvalue weighted by molar-refractivity contribution is 7.90. The summed E-state index contributed by atoms with van der Waals surface area (Å²) >= 11 is 0. The van der Waals surface area contributed by atoms with Crippen LogP contribution in [0.3, 0.4) is 0 Å². The second-order valence-electron chi connectivity index (χ2n) is 5.46. The molecule has 1 amide bonds. The number of ether oxygens (including phenoxy) is 2. The van der Waals surface area contributed by atoms with Crippen LogP contribution in [0, 0.1) is 0 Å². The van der Waals surface area contributed by atoms with Crippen molar-refractivity contribution in [1.29, 1.82) is 0 Å². The van der Waals surface area contributed by atoms with Crippen LogP contribution in [0.5, 0.6) is 5.75 Å². The van der Waals surface area contributed by atoms with Gasteiger partial charge in [-0.1, -0.05) is 24.3 Å². The summed E-state index contributed by atoms with van der Waals surface area (Å²) < 4.78 is 33.2. The van der Waals surface area contributed by atoms with Gasteiger partial charge in [0.15, 0.2) is 16.4 Å². The van der Waals surface area contributed by atoms with Crippen LogP contribution >= 0.6 is 0 Å². The Hall–Kier alpha value is -2.87. The molecule has 0 bridgehead atoms. The van der Waals surface area contributed by atoms with E-state index in [0.717, 1.165) is 11.8 Å². The van der Waals surface area contributed by atoms with Crippen LogP contribution in [0.1, 0.15) is 15.9 Å². The number of carbonyl (C=O) groups is 2. The molecule has 138 valence electrons. The van der Waals surface area contributed by atoms with E-state index in [-0.39, 0.29) is 17.0 Å². The molecular weight excluding hydrogens is 358 g/mol. The van der Waals surface area contributed by atoms with E-state index in [1.165, 1.54) is 31.4 Å². The molecule has 0 heterocycles. The number of amides is 1. The van der Waals surface area contributed by atoms with E-state index in [0.29, 0.717) is 5.75 Å². The van der Waals surface area contributed by atoms with E-state index >= 15 is 0 Å². The molecule has 0 aliphatic rings. The SMILES string of the molecule is COc1ccccc1CNC(=O)COC(=O)c1cccc(S(C)(=O)=O)c1. The Balaban J connectivity index is 1.90. The van der Waals surface area contributed by atoms with Gasteiger partial charge in [-0.2, -0.15) is 0 Å². The molecule has 0 saturated carbocycles. The van der Waals surface area contributed by atoms with Crippen LogP contribution in [0.15, 0.2) is 53.4 Å². The molecule has 0 unspecified atom stereocenters. The quantitative estimate of drug-likeness (QED) is 0.736. The largest absolute Gasteiger partial charge is 0.496 e. The summed E-state index contributed by atoms with van der Waals surface area (Å²) in [5, 5.41) is 2.62. The first-order chi connectivity index (χ1) is 12.3. The Bertz CT molecular complexity index is 907. The van der Waals surface area contributed by atoms with Gasteiger partial charge in [-0.15, -0.1) is 0 Å². The monoisotopic (exact) mass is 377 g/mol. The molecule has 0 aliphatic carbocycles. The van der Waals surface area contributed by atoms with Crippen molar-refractivity contribution in [3.8, 4) is 5.75 Å². The van der Waals surface area contributed by atoms with Gasteiger partial charge < -0.3 is 14.8 Å². The molecule has 0 saturated heterocycles. The van der Waals surface area contributed by atoms with Crippen LogP contribution in [0.2, 0.25) is 0 Å². The normalized spacial score (nSPS) is 10.8. The molecule has 7 nitrogen and oxygen atoms in total. The van der Waals surface area contributed by atoms with Crippen LogP contribution in [0.25, 0.3) is 0 Å². The highest BCUT2D eigenvalue weighted by Crippen LogP contribution is 2.16. The minimum Gasteiger partial charge on any atom is -0.496 e. The topological polar surface area (TPSA) is 98.8 Å². The van der Waals surface area contributed by atoms with E-state index < -0.39 is 28.3 Å². The van der Waals surface area contributed by atoms with Crippen LogP contribution in [-0.2, 0) is 25.9 Å². The highest BCUT2D eigenvalue weighted by atomic mass is 32.2. The first-order valence-electron chi connectivity index (χ1n) is 7.67. The van der Waals surface area contributed by atoms with Gasteiger partial charge in [0.2, 0.25) is 0 Å². The lowest BCUT2D eigenvalue weighted by molar-refractivity contribution is -0.124. The summed E-state index contributed by atoms with van der Waals surface area (Å²) in [6, 6.07) is 12.7. The van der Waals surface area contributed by atoms with Gasteiger partial charge in [0.05, 0.1) is 17.6 Å². The van der Waals surface area contributed by atoms with E-state index in [1.54, 1.807) is 6.07 Å². The molecule has 8 heteroatoms. The molecule has 0 aromatic heterocycles. The van der Waals surface area contributed by atoms with Crippen molar-refractivity contribution in [3.05, 3.63) is 59.7 Å². The number of esters is 1. The summed E-state index contributed by atoms with van der Waals surface area (Å²) in [6.45, 7) is -0.249. The Labute approximate surface area is 151 Å². The molecule has 0 aliphatic heterocycles. The van der Waals surface area contributed by atoms with E-state index in [4.69, 9.17) is 9.47 Å². The molecule has 0 spiro atoms. The van der Waals surface area contributed by atoms with E-state index in [2.05, 4.69) is 5.32 Å². The second-order valence-corrected chi connectivity index (χ2v) is 7.48. The Morgan fingerprint density at radius 3 is 2.50 bits per heavy atom.